The highest BCUT2D eigenvalue weighted by molar-refractivity contribution is 5.11. The lowest BCUT2D eigenvalue weighted by Crippen LogP contribution is -2.68. The molecule has 0 aliphatic heterocycles. The van der Waals surface area contributed by atoms with Crippen LogP contribution < -0.4 is 0 Å². The zero-order chi connectivity index (χ0) is 19.5. The van der Waals surface area contributed by atoms with Gasteiger partial charge in [0.1, 0.15) is 0 Å². The summed E-state index contributed by atoms with van der Waals surface area (Å²) in [5.41, 5.74) is -14.9. The van der Waals surface area contributed by atoms with Crippen LogP contribution in [0.5, 0.6) is 0 Å². The third-order valence-electron chi connectivity index (χ3n) is 4.77. The lowest BCUT2D eigenvalue weighted by molar-refractivity contribution is -0.437. The Labute approximate surface area is 122 Å². The lowest BCUT2D eigenvalue weighted by Gasteiger charge is -2.55. The molecule has 0 unspecified atom stereocenters. The largest absolute Gasteiger partial charge is 0.403 e. The maximum absolute atomic E-state index is 12.9. The molecule has 0 nitrogen and oxygen atoms in total. The van der Waals surface area contributed by atoms with Gasteiger partial charge in [0.2, 0.25) is 0 Å². The summed E-state index contributed by atoms with van der Waals surface area (Å²) in [6.45, 7) is -2.09. The summed E-state index contributed by atoms with van der Waals surface area (Å²) in [4.78, 5) is 0. The number of hydrogen-bond acceptors (Lipinski definition) is 0. The Morgan fingerprint density at radius 3 is 0.565 bits per heavy atom. The molecule has 0 aliphatic carbocycles. The average Bonchev–Trinajstić information content (AvgIpc) is 2.19. The van der Waals surface area contributed by atoms with Crippen LogP contribution in [-0.2, 0) is 0 Å². The summed E-state index contributed by atoms with van der Waals surface area (Å²) in [5.74, 6) is 0. The first-order valence-corrected chi connectivity index (χ1v) is 5.77. The van der Waals surface area contributed by atoms with E-state index in [0.717, 1.165) is 0 Å². The van der Waals surface area contributed by atoms with Gasteiger partial charge < -0.3 is 0 Å². The normalized spacial score (nSPS) is 16.7. The lowest BCUT2D eigenvalue weighted by atomic mass is 9.52. The van der Waals surface area contributed by atoms with Gasteiger partial charge in [-0.25, -0.2) is 0 Å². The second-order valence-corrected chi connectivity index (χ2v) is 5.87. The van der Waals surface area contributed by atoms with E-state index in [1.807, 2.05) is 0 Å². The molecule has 0 bridgehead atoms. The minimum atomic E-state index is -6.41. The topological polar surface area (TPSA) is 0 Å². The monoisotopic (exact) mass is 372 g/mol. The highest BCUT2D eigenvalue weighted by atomic mass is 19.4. The first-order chi connectivity index (χ1) is 9.50. The van der Waals surface area contributed by atoms with E-state index in [4.69, 9.17) is 0 Å². The highest BCUT2D eigenvalue weighted by Gasteiger charge is 2.85. The van der Waals surface area contributed by atoms with Crippen LogP contribution in [0.4, 0.5) is 52.7 Å². The molecule has 140 valence electrons. The molecule has 0 aromatic heterocycles. The predicted molar refractivity (Wildman–Crippen MR) is 54.2 cm³/mol. The van der Waals surface area contributed by atoms with Gasteiger partial charge in [-0.3, -0.25) is 0 Å². The molecule has 0 aliphatic rings. The third kappa shape index (κ3) is 2.75. The van der Waals surface area contributed by atoms with Crippen LogP contribution in [-0.4, -0.2) is 24.7 Å². The van der Waals surface area contributed by atoms with E-state index in [0.29, 0.717) is 0 Å². The standard InChI is InChI=1S/C11H12F12/c1-5(2,6(3,8(12,13)14)9(15,16)17)7(4,10(18,19)20)11(21,22)23/h1-4H3. The first-order valence-electron chi connectivity index (χ1n) is 5.77. The molecule has 0 rings (SSSR count). The summed E-state index contributed by atoms with van der Waals surface area (Å²) >= 11 is 0. The number of rotatable bonds is 2. The number of hydrogen-bond donors (Lipinski definition) is 0. The summed E-state index contributed by atoms with van der Waals surface area (Å²) in [7, 11) is 0. The van der Waals surface area contributed by atoms with Crippen LogP contribution >= 0.6 is 0 Å². The Morgan fingerprint density at radius 2 is 0.478 bits per heavy atom. The molecular weight excluding hydrogens is 360 g/mol. The fourth-order valence-electron chi connectivity index (χ4n) is 2.24. The maximum Gasteiger partial charge on any atom is 0.403 e. The van der Waals surface area contributed by atoms with Crippen molar-refractivity contribution in [1.82, 2.24) is 0 Å². The molecule has 23 heavy (non-hydrogen) atoms. The quantitative estimate of drug-likeness (QED) is 0.501. The van der Waals surface area contributed by atoms with Crippen molar-refractivity contribution >= 4 is 0 Å². The van der Waals surface area contributed by atoms with E-state index in [9.17, 15) is 52.7 Å². The Morgan fingerprint density at radius 1 is 0.348 bits per heavy atom. The average molecular weight is 372 g/mol. The van der Waals surface area contributed by atoms with Crippen molar-refractivity contribution in [2.24, 2.45) is 16.2 Å². The molecule has 0 atom stereocenters. The molecule has 0 fully saturated rings. The van der Waals surface area contributed by atoms with Gasteiger partial charge in [0, 0.05) is 5.41 Å². The zero-order valence-electron chi connectivity index (χ0n) is 12.0. The summed E-state index contributed by atoms with van der Waals surface area (Å²) in [6.07, 6.45) is -25.6. The van der Waals surface area contributed by atoms with Crippen molar-refractivity contribution in [1.29, 1.82) is 0 Å². The predicted octanol–water partition coefficient (Wildman–Crippen LogP) is 6.27. The fraction of sp³-hybridized carbons (Fsp3) is 1.00. The Kier molecular flexibility index (Phi) is 4.89. The fourth-order valence-corrected chi connectivity index (χ4v) is 2.24. The molecule has 0 spiro atoms. The summed E-state index contributed by atoms with van der Waals surface area (Å²) in [5, 5.41) is 0. The van der Waals surface area contributed by atoms with Gasteiger partial charge in [-0.15, -0.1) is 0 Å². The number of alkyl halides is 12. The van der Waals surface area contributed by atoms with Gasteiger partial charge in [0.15, 0.2) is 10.8 Å². The van der Waals surface area contributed by atoms with E-state index < -0.39 is 54.8 Å². The molecule has 0 aromatic rings. The molecular formula is C11H12F12. The van der Waals surface area contributed by atoms with Crippen LogP contribution in [0.15, 0.2) is 0 Å². The van der Waals surface area contributed by atoms with Gasteiger partial charge in [-0.05, 0) is 13.8 Å². The van der Waals surface area contributed by atoms with Crippen molar-refractivity contribution in [3.05, 3.63) is 0 Å². The highest BCUT2D eigenvalue weighted by Crippen LogP contribution is 2.71. The molecule has 0 heterocycles. The van der Waals surface area contributed by atoms with Crippen molar-refractivity contribution in [3.63, 3.8) is 0 Å². The van der Waals surface area contributed by atoms with Crippen LogP contribution in [0.1, 0.15) is 27.7 Å². The van der Waals surface area contributed by atoms with Crippen molar-refractivity contribution in [2.45, 2.75) is 52.4 Å². The molecule has 0 aromatic carbocycles. The molecule has 0 amide bonds. The summed E-state index contributed by atoms with van der Waals surface area (Å²) in [6, 6.07) is 0. The van der Waals surface area contributed by atoms with Crippen LogP contribution in [0.25, 0.3) is 0 Å². The van der Waals surface area contributed by atoms with Crippen LogP contribution in [0.2, 0.25) is 0 Å². The van der Waals surface area contributed by atoms with Crippen LogP contribution in [0.3, 0.4) is 0 Å². The molecule has 0 N–H and O–H groups in total. The van der Waals surface area contributed by atoms with Gasteiger partial charge in [-0.2, -0.15) is 52.7 Å². The SMILES string of the molecule is CC(C)(C(C)(C(F)(F)F)C(F)(F)F)C(C)(C(F)(F)F)C(F)(F)F. The number of halogens is 12. The Hall–Kier alpha value is -0.840. The van der Waals surface area contributed by atoms with E-state index >= 15 is 0 Å². The Bertz CT molecular complexity index is 362. The minimum absolute atomic E-state index is 0.338. The molecule has 12 heteroatoms. The first kappa shape index (κ1) is 22.2. The smallest absolute Gasteiger partial charge is 0.170 e. The van der Waals surface area contributed by atoms with Crippen molar-refractivity contribution in [3.8, 4) is 0 Å². The molecule has 0 saturated heterocycles. The second-order valence-electron chi connectivity index (χ2n) is 5.87. The third-order valence-corrected chi connectivity index (χ3v) is 4.77. The minimum Gasteiger partial charge on any atom is -0.170 e. The maximum atomic E-state index is 12.9. The Balaban J connectivity index is 6.94. The zero-order valence-corrected chi connectivity index (χ0v) is 12.0. The summed E-state index contributed by atoms with van der Waals surface area (Å²) < 4.78 is 155. The second kappa shape index (κ2) is 5.08. The van der Waals surface area contributed by atoms with E-state index in [1.165, 1.54) is 0 Å². The van der Waals surface area contributed by atoms with Crippen LogP contribution in [0, 0.1) is 16.2 Å². The van der Waals surface area contributed by atoms with Gasteiger partial charge >= 0.3 is 24.7 Å². The van der Waals surface area contributed by atoms with E-state index in [-0.39, 0.29) is 13.8 Å². The van der Waals surface area contributed by atoms with Crippen molar-refractivity contribution in [2.75, 3.05) is 0 Å². The molecule has 0 saturated carbocycles. The van der Waals surface area contributed by atoms with Crippen molar-refractivity contribution < 1.29 is 52.7 Å². The van der Waals surface area contributed by atoms with Gasteiger partial charge in [-0.1, -0.05) is 13.8 Å². The molecule has 0 radical (unpaired) electrons. The van der Waals surface area contributed by atoms with E-state index in [1.54, 1.807) is 0 Å². The van der Waals surface area contributed by atoms with E-state index in [2.05, 4.69) is 0 Å². The van der Waals surface area contributed by atoms with Gasteiger partial charge in [0.05, 0.1) is 0 Å². The van der Waals surface area contributed by atoms with Gasteiger partial charge in [0.25, 0.3) is 0 Å².